The minimum absolute atomic E-state index is 0.0285. The zero-order chi connectivity index (χ0) is 15.9. The van der Waals surface area contributed by atoms with E-state index in [2.05, 4.69) is 17.3 Å². The van der Waals surface area contributed by atoms with Crippen molar-refractivity contribution in [3.63, 3.8) is 0 Å². The highest BCUT2D eigenvalue weighted by Crippen LogP contribution is 2.36. The molecule has 22 heavy (non-hydrogen) atoms. The Morgan fingerprint density at radius 1 is 1.36 bits per heavy atom. The third-order valence-electron chi connectivity index (χ3n) is 4.51. The van der Waals surface area contributed by atoms with Gasteiger partial charge in [-0.05, 0) is 25.7 Å². The zero-order valence-corrected chi connectivity index (χ0v) is 13.7. The summed E-state index contributed by atoms with van der Waals surface area (Å²) in [5.74, 6) is 0. The Bertz CT molecular complexity index is 366. The van der Waals surface area contributed by atoms with Crippen LogP contribution in [0, 0.1) is 0 Å². The molecule has 2 bridgehead atoms. The largest absolute Gasteiger partial charge is 0.396 e. The Morgan fingerprint density at radius 2 is 2.05 bits per heavy atom. The lowest BCUT2D eigenvalue weighted by Crippen LogP contribution is -2.55. The third kappa shape index (κ3) is 4.33. The van der Waals surface area contributed by atoms with Gasteiger partial charge in [0.1, 0.15) is 6.61 Å². The van der Waals surface area contributed by atoms with Crippen molar-refractivity contribution >= 4 is 12.7 Å². The highest BCUT2D eigenvalue weighted by Gasteiger charge is 2.43. The molecule has 2 fully saturated rings. The summed E-state index contributed by atoms with van der Waals surface area (Å²) >= 11 is 0. The first-order chi connectivity index (χ1) is 10.7. The number of ether oxygens (including phenoxy) is 1. The molecule has 2 aliphatic heterocycles. The molecule has 0 spiro atoms. The topological polar surface area (TPSA) is 66.4 Å². The van der Waals surface area contributed by atoms with Gasteiger partial charge in [-0.2, -0.15) is 0 Å². The summed E-state index contributed by atoms with van der Waals surface area (Å²) in [7, 11) is 1.88. The number of urea groups is 1. The second kappa shape index (κ2) is 8.33. The van der Waals surface area contributed by atoms with Gasteiger partial charge in [-0.25, -0.2) is 9.80 Å². The van der Waals surface area contributed by atoms with Crippen LogP contribution in [0.3, 0.4) is 0 Å². The van der Waals surface area contributed by atoms with E-state index in [4.69, 9.17) is 9.57 Å². The molecule has 3 atom stereocenters. The summed E-state index contributed by atoms with van der Waals surface area (Å²) in [6, 6.07) is 0.640. The Balaban J connectivity index is 1.76. The van der Waals surface area contributed by atoms with Crippen molar-refractivity contribution in [1.82, 2.24) is 15.3 Å². The number of nitrogens with one attached hydrogen (secondary N) is 1. The fraction of sp³-hybridized carbons (Fsp3) is 0.867. The highest BCUT2D eigenvalue weighted by atomic mass is 16.6. The van der Waals surface area contributed by atoms with Crippen molar-refractivity contribution in [3.8, 4) is 0 Å². The van der Waals surface area contributed by atoms with Gasteiger partial charge in [0, 0.05) is 38.8 Å². The molecule has 1 N–H and O–H groups in total. The number of rotatable bonds is 8. The highest BCUT2D eigenvalue weighted by molar-refractivity contribution is 5.75. The Morgan fingerprint density at radius 3 is 2.64 bits per heavy atom. The van der Waals surface area contributed by atoms with Crippen LogP contribution in [-0.4, -0.2) is 67.7 Å². The molecule has 0 saturated carbocycles. The van der Waals surface area contributed by atoms with Crippen LogP contribution in [0.1, 0.15) is 39.0 Å². The predicted molar refractivity (Wildman–Crippen MR) is 84.6 cm³/mol. The molecule has 2 amide bonds. The Labute approximate surface area is 132 Å². The van der Waals surface area contributed by atoms with Crippen molar-refractivity contribution in [2.24, 2.45) is 5.16 Å². The van der Waals surface area contributed by atoms with Gasteiger partial charge in [0.25, 0.3) is 0 Å². The lowest BCUT2D eigenvalue weighted by atomic mass is 10.00. The smallest absolute Gasteiger partial charge is 0.332 e. The summed E-state index contributed by atoms with van der Waals surface area (Å²) in [4.78, 5) is 19.2. The molecule has 7 nitrogen and oxygen atoms in total. The molecule has 0 unspecified atom stereocenters. The SMILES string of the molecule is C=NOCCCO[C@H]1C[C@H]2CC[C@@H](C1)N2C(=O)NN(C)CC. The first-order valence-corrected chi connectivity index (χ1v) is 8.15. The van der Waals surface area contributed by atoms with E-state index in [-0.39, 0.29) is 12.1 Å². The second-order valence-corrected chi connectivity index (χ2v) is 6.00. The van der Waals surface area contributed by atoms with Gasteiger partial charge in [-0.1, -0.05) is 6.92 Å². The first-order valence-electron chi connectivity index (χ1n) is 8.15. The molecule has 126 valence electrons. The molecule has 0 aromatic carbocycles. The summed E-state index contributed by atoms with van der Waals surface area (Å²) in [5.41, 5.74) is 2.93. The standard InChI is InChI=1S/C15H28N4O3/c1-4-18(3)17-15(20)19-12-6-7-13(19)11-14(10-12)21-8-5-9-22-16-2/h12-14H,2,4-11H2,1,3H3,(H,17,20)/t12-,13+,14+. The van der Waals surface area contributed by atoms with Gasteiger partial charge in [0.05, 0.1) is 12.7 Å². The number of nitrogens with zero attached hydrogens (tertiary/aromatic N) is 3. The maximum absolute atomic E-state index is 12.4. The average Bonchev–Trinajstić information content (AvgIpc) is 2.78. The molecule has 2 saturated heterocycles. The number of hydrogen-bond acceptors (Lipinski definition) is 5. The third-order valence-corrected chi connectivity index (χ3v) is 4.51. The van der Waals surface area contributed by atoms with Crippen molar-refractivity contribution in [1.29, 1.82) is 0 Å². The number of carbonyl (C=O) groups is 1. The van der Waals surface area contributed by atoms with Crippen LogP contribution in [-0.2, 0) is 9.57 Å². The molecule has 0 aromatic rings. The van der Waals surface area contributed by atoms with Gasteiger partial charge in [0.15, 0.2) is 0 Å². The van der Waals surface area contributed by atoms with Gasteiger partial charge in [-0.3, -0.25) is 5.43 Å². The summed E-state index contributed by atoms with van der Waals surface area (Å²) < 4.78 is 5.93. The van der Waals surface area contributed by atoms with Crippen molar-refractivity contribution in [3.05, 3.63) is 0 Å². The van der Waals surface area contributed by atoms with Crippen LogP contribution in [0.4, 0.5) is 4.79 Å². The molecular formula is C15H28N4O3. The fourth-order valence-electron chi connectivity index (χ4n) is 3.33. The van der Waals surface area contributed by atoms with E-state index < -0.39 is 0 Å². The maximum atomic E-state index is 12.4. The van der Waals surface area contributed by atoms with Crippen LogP contribution in [0.2, 0.25) is 0 Å². The Hall–Kier alpha value is -1.34. The number of oxime groups is 1. The van der Waals surface area contributed by atoms with Crippen LogP contribution >= 0.6 is 0 Å². The van der Waals surface area contributed by atoms with E-state index >= 15 is 0 Å². The van der Waals surface area contributed by atoms with Crippen LogP contribution in [0.5, 0.6) is 0 Å². The van der Waals surface area contributed by atoms with Crippen LogP contribution in [0.15, 0.2) is 5.16 Å². The molecule has 0 aliphatic carbocycles. The number of fused-ring (bicyclic) bond motifs is 2. The number of carbonyl (C=O) groups excluding carboxylic acids is 1. The minimum atomic E-state index is 0.0285. The number of amides is 2. The van der Waals surface area contributed by atoms with E-state index in [1.54, 1.807) is 0 Å². The van der Waals surface area contributed by atoms with Crippen molar-refractivity contribution in [2.75, 3.05) is 26.8 Å². The normalized spacial score (nSPS) is 27.0. The monoisotopic (exact) mass is 312 g/mol. The zero-order valence-electron chi connectivity index (χ0n) is 13.7. The second-order valence-electron chi connectivity index (χ2n) is 6.00. The molecule has 7 heteroatoms. The minimum Gasteiger partial charge on any atom is -0.396 e. The summed E-state index contributed by atoms with van der Waals surface area (Å²) in [6.45, 7) is 7.29. The molecule has 0 radical (unpaired) electrons. The van der Waals surface area contributed by atoms with Crippen molar-refractivity contribution < 1.29 is 14.4 Å². The van der Waals surface area contributed by atoms with E-state index in [9.17, 15) is 4.79 Å². The number of hydrazine groups is 1. The summed E-state index contributed by atoms with van der Waals surface area (Å²) in [6.07, 6.45) is 5.09. The average molecular weight is 312 g/mol. The molecule has 2 heterocycles. The summed E-state index contributed by atoms with van der Waals surface area (Å²) in [5, 5.41) is 5.17. The number of hydrogen-bond donors (Lipinski definition) is 1. The van der Waals surface area contributed by atoms with Gasteiger partial charge >= 0.3 is 6.03 Å². The lowest BCUT2D eigenvalue weighted by Gasteiger charge is -2.39. The molecule has 0 aromatic heterocycles. The quantitative estimate of drug-likeness (QED) is 0.420. The van der Waals surface area contributed by atoms with Gasteiger partial charge in [-0.15, -0.1) is 5.16 Å². The van der Waals surface area contributed by atoms with Crippen LogP contribution < -0.4 is 5.43 Å². The number of piperidine rings is 1. The maximum Gasteiger partial charge on any atom is 0.332 e. The van der Waals surface area contributed by atoms with E-state index in [0.29, 0.717) is 25.3 Å². The first kappa shape index (κ1) is 17.0. The van der Waals surface area contributed by atoms with E-state index in [0.717, 1.165) is 38.6 Å². The van der Waals surface area contributed by atoms with Gasteiger partial charge in [0.2, 0.25) is 0 Å². The lowest BCUT2D eigenvalue weighted by molar-refractivity contribution is -0.0171. The van der Waals surface area contributed by atoms with E-state index in [1.807, 2.05) is 23.9 Å². The fourth-order valence-corrected chi connectivity index (χ4v) is 3.33. The van der Waals surface area contributed by atoms with Crippen LogP contribution in [0.25, 0.3) is 0 Å². The molecule has 2 aliphatic rings. The predicted octanol–water partition coefficient (Wildman–Crippen LogP) is 1.60. The van der Waals surface area contributed by atoms with Crippen molar-refractivity contribution in [2.45, 2.75) is 57.2 Å². The Kier molecular flexibility index (Phi) is 6.45. The molecule has 2 rings (SSSR count). The molecular weight excluding hydrogens is 284 g/mol. The van der Waals surface area contributed by atoms with Gasteiger partial charge < -0.3 is 14.5 Å². The van der Waals surface area contributed by atoms with E-state index in [1.165, 1.54) is 0 Å².